The highest BCUT2D eigenvalue weighted by Crippen LogP contribution is 2.28. The van der Waals surface area contributed by atoms with Crippen LogP contribution in [-0.4, -0.2) is 15.4 Å². The molecule has 0 atom stereocenters. The molecule has 0 aliphatic heterocycles. The van der Waals surface area contributed by atoms with E-state index in [-0.39, 0.29) is 11.6 Å². The molecule has 0 aliphatic carbocycles. The highest BCUT2D eigenvalue weighted by atomic mass is 35.5. The standard InChI is InChI=1S/C22H12ClFN2O/c23-20-8-4-7-18-21(19(27)14-9-15-5-2-1-3-6-15)22(25-26(18)20)16-10-12-17(24)13-11-16/h1-8,10-13H. The van der Waals surface area contributed by atoms with Gasteiger partial charge in [-0.3, -0.25) is 4.79 Å². The van der Waals surface area contributed by atoms with Gasteiger partial charge in [-0.25, -0.2) is 8.91 Å². The van der Waals surface area contributed by atoms with E-state index in [2.05, 4.69) is 16.9 Å². The van der Waals surface area contributed by atoms with E-state index >= 15 is 0 Å². The third kappa shape index (κ3) is 3.33. The first-order valence-corrected chi connectivity index (χ1v) is 8.56. The van der Waals surface area contributed by atoms with Crippen molar-refractivity contribution in [3.8, 4) is 23.1 Å². The molecule has 27 heavy (non-hydrogen) atoms. The lowest BCUT2D eigenvalue weighted by Gasteiger charge is -1.99. The Bertz CT molecular complexity index is 1200. The number of fused-ring (bicyclic) bond motifs is 1. The maximum absolute atomic E-state index is 13.3. The fourth-order valence-corrected chi connectivity index (χ4v) is 2.99. The molecule has 0 bridgehead atoms. The molecule has 2 aromatic carbocycles. The maximum Gasteiger partial charge on any atom is 0.240 e. The number of pyridine rings is 1. The summed E-state index contributed by atoms with van der Waals surface area (Å²) < 4.78 is 14.8. The Balaban J connectivity index is 1.89. The molecule has 0 fully saturated rings. The second kappa shape index (κ2) is 7.06. The zero-order valence-corrected chi connectivity index (χ0v) is 14.7. The fourth-order valence-electron chi connectivity index (χ4n) is 2.78. The summed E-state index contributed by atoms with van der Waals surface area (Å²) in [6, 6.07) is 20.2. The topological polar surface area (TPSA) is 34.4 Å². The molecule has 0 aliphatic rings. The molecule has 0 saturated heterocycles. The Hall–Kier alpha value is -3.42. The van der Waals surface area contributed by atoms with Gasteiger partial charge in [-0.1, -0.05) is 41.8 Å². The van der Waals surface area contributed by atoms with Crippen molar-refractivity contribution >= 4 is 22.9 Å². The summed E-state index contributed by atoms with van der Waals surface area (Å²) in [7, 11) is 0. The molecule has 0 unspecified atom stereocenters. The van der Waals surface area contributed by atoms with E-state index in [4.69, 9.17) is 11.6 Å². The number of hydrogen-bond acceptors (Lipinski definition) is 2. The second-order valence-corrected chi connectivity index (χ2v) is 6.21. The summed E-state index contributed by atoms with van der Waals surface area (Å²) in [4.78, 5) is 12.9. The van der Waals surface area contributed by atoms with Crippen LogP contribution in [0.4, 0.5) is 4.39 Å². The Kier molecular flexibility index (Phi) is 4.45. The molecule has 2 aromatic heterocycles. The summed E-state index contributed by atoms with van der Waals surface area (Å²) in [5.74, 6) is 4.80. The molecular formula is C22H12ClFN2O. The number of benzene rings is 2. The molecule has 130 valence electrons. The van der Waals surface area contributed by atoms with E-state index < -0.39 is 0 Å². The Labute approximate surface area is 160 Å². The molecule has 4 rings (SSSR count). The SMILES string of the molecule is O=C(C#Cc1ccccc1)c1c(-c2ccc(F)cc2)nn2c(Cl)cccc12. The molecule has 0 amide bonds. The maximum atomic E-state index is 13.3. The molecular weight excluding hydrogens is 363 g/mol. The predicted octanol–water partition coefficient (Wildman–Crippen LogP) is 5.03. The number of Topliss-reactive ketones (excluding diaryl/α,β-unsaturated/α-hetero) is 1. The summed E-state index contributed by atoms with van der Waals surface area (Å²) in [6.07, 6.45) is 0. The normalized spacial score (nSPS) is 10.4. The Morgan fingerprint density at radius 3 is 2.44 bits per heavy atom. The molecule has 3 nitrogen and oxygen atoms in total. The number of ketones is 1. The first kappa shape index (κ1) is 17.0. The van der Waals surface area contributed by atoms with E-state index in [0.717, 1.165) is 5.56 Å². The number of hydrogen-bond donors (Lipinski definition) is 0. The molecule has 0 radical (unpaired) electrons. The smallest absolute Gasteiger partial charge is 0.240 e. The van der Waals surface area contributed by atoms with Gasteiger partial charge in [0.1, 0.15) is 16.7 Å². The Morgan fingerprint density at radius 1 is 0.963 bits per heavy atom. The van der Waals surface area contributed by atoms with E-state index in [9.17, 15) is 9.18 Å². The number of rotatable bonds is 2. The van der Waals surface area contributed by atoms with Gasteiger partial charge in [0.05, 0.1) is 11.1 Å². The van der Waals surface area contributed by atoms with Crippen LogP contribution in [0.1, 0.15) is 15.9 Å². The third-order valence-electron chi connectivity index (χ3n) is 4.05. The molecule has 0 N–H and O–H groups in total. The molecule has 2 heterocycles. The average Bonchev–Trinajstić information content (AvgIpc) is 3.08. The number of nitrogens with zero attached hydrogens (tertiary/aromatic N) is 2. The van der Waals surface area contributed by atoms with Crippen molar-refractivity contribution in [2.24, 2.45) is 0 Å². The third-order valence-corrected chi connectivity index (χ3v) is 4.34. The minimum atomic E-state index is -0.379. The predicted molar refractivity (Wildman–Crippen MR) is 103 cm³/mol. The summed E-state index contributed by atoms with van der Waals surface area (Å²) in [5.41, 5.74) is 2.65. The van der Waals surface area contributed by atoms with Crippen LogP contribution in [0.5, 0.6) is 0 Å². The van der Waals surface area contributed by atoms with Crippen molar-refractivity contribution in [1.29, 1.82) is 0 Å². The van der Waals surface area contributed by atoms with Crippen molar-refractivity contribution in [2.75, 3.05) is 0 Å². The van der Waals surface area contributed by atoms with Gasteiger partial charge >= 0.3 is 0 Å². The van der Waals surface area contributed by atoms with Crippen LogP contribution in [0.15, 0.2) is 72.8 Å². The molecule has 4 aromatic rings. The van der Waals surface area contributed by atoms with Crippen LogP contribution in [0, 0.1) is 17.7 Å². The van der Waals surface area contributed by atoms with Gasteiger partial charge in [-0.05, 0) is 54.5 Å². The zero-order valence-electron chi connectivity index (χ0n) is 14.0. The lowest BCUT2D eigenvalue weighted by atomic mass is 10.0. The second-order valence-electron chi connectivity index (χ2n) is 5.82. The van der Waals surface area contributed by atoms with E-state index in [1.165, 1.54) is 16.6 Å². The van der Waals surface area contributed by atoms with Crippen LogP contribution in [0.3, 0.4) is 0 Å². The highest BCUT2D eigenvalue weighted by Gasteiger charge is 2.20. The van der Waals surface area contributed by atoms with E-state index in [1.807, 2.05) is 30.3 Å². The van der Waals surface area contributed by atoms with Gasteiger partial charge in [-0.2, -0.15) is 5.10 Å². The van der Waals surface area contributed by atoms with Gasteiger partial charge in [0, 0.05) is 11.1 Å². The van der Waals surface area contributed by atoms with Crippen LogP contribution >= 0.6 is 11.6 Å². The van der Waals surface area contributed by atoms with Crippen LogP contribution in [0.2, 0.25) is 5.15 Å². The quantitative estimate of drug-likeness (QED) is 0.280. The number of aromatic nitrogens is 2. The highest BCUT2D eigenvalue weighted by molar-refractivity contribution is 6.30. The minimum Gasteiger partial charge on any atom is -0.279 e. The molecule has 0 spiro atoms. The molecule has 0 saturated carbocycles. The van der Waals surface area contributed by atoms with E-state index in [1.54, 1.807) is 30.3 Å². The lowest BCUT2D eigenvalue weighted by Crippen LogP contribution is -1.97. The number of carbonyl (C=O) groups excluding carboxylic acids is 1. The zero-order chi connectivity index (χ0) is 18.8. The average molecular weight is 375 g/mol. The van der Waals surface area contributed by atoms with Crippen molar-refractivity contribution in [3.63, 3.8) is 0 Å². The van der Waals surface area contributed by atoms with Crippen molar-refractivity contribution in [1.82, 2.24) is 9.61 Å². The van der Waals surface area contributed by atoms with Gasteiger partial charge in [0.25, 0.3) is 0 Å². The number of halogens is 2. The van der Waals surface area contributed by atoms with Crippen LogP contribution < -0.4 is 0 Å². The first-order chi connectivity index (χ1) is 13.1. The van der Waals surface area contributed by atoms with Gasteiger partial charge in [0.2, 0.25) is 5.78 Å². The number of carbonyl (C=O) groups is 1. The van der Waals surface area contributed by atoms with Gasteiger partial charge < -0.3 is 0 Å². The first-order valence-electron chi connectivity index (χ1n) is 8.18. The minimum absolute atomic E-state index is 0.340. The van der Waals surface area contributed by atoms with Crippen molar-refractivity contribution < 1.29 is 9.18 Å². The summed E-state index contributed by atoms with van der Waals surface area (Å²) >= 11 is 6.23. The monoisotopic (exact) mass is 374 g/mol. The van der Waals surface area contributed by atoms with Crippen LogP contribution in [-0.2, 0) is 0 Å². The van der Waals surface area contributed by atoms with Crippen molar-refractivity contribution in [3.05, 3.63) is 94.9 Å². The largest absolute Gasteiger partial charge is 0.279 e. The molecule has 5 heteroatoms. The van der Waals surface area contributed by atoms with Gasteiger partial charge in [-0.15, -0.1) is 0 Å². The van der Waals surface area contributed by atoms with Crippen molar-refractivity contribution in [2.45, 2.75) is 0 Å². The lowest BCUT2D eigenvalue weighted by molar-refractivity contribution is 0.105. The summed E-state index contributed by atoms with van der Waals surface area (Å²) in [5, 5.41) is 4.83. The van der Waals surface area contributed by atoms with Crippen LogP contribution in [0.25, 0.3) is 16.8 Å². The fraction of sp³-hybridized carbons (Fsp3) is 0. The van der Waals surface area contributed by atoms with Gasteiger partial charge in [0.15, 0.2) is 0 Å². The van der Waals surface area contributed by atoms with E-state index in [0.29, 0.717) is 27.5 Å². The summed E-state index contributed by atoms with van der Waals surface area (Å²) in [6.45, 7) is 0. The Morgan fingerprint density at radius 2 is 1.70 bits per heavy atom.